The van der Waals surface area contributed by atoms with E-state index in [0.717, 1.165) is 45.6 Å². The lowest BCUT2D eigenvalue weighted by Gasteiger charge is -2.29. The number of aromatic nitrogens is 3. The number of nitrogens with zero attached hydrogens (tertiary/aromatic N) is 5. The number of fused-ring (bicyclic) bond motifs is 1. The molecule has 6 heteroatoms. The zero-order valence-corrected chi connectivity index (χ0v) is 19.1. The minimum Gasteiger partial charge on any atom is -0.291 e. The molecule has 1 aliphatic heterocycles. The molecule has 0 N–H and O–H groups in total. The minimum absolute atomic E-state index is 0.112. The van der Waals surface area contributed by atoms with Gasteiger partial charge in [0, 0.05) is 42.0 Å². The molecule has 0 aliphatic carbocycles. The van der Waals surface area contributed by atoms with Crippen molar-refractivity contribution in [3.63, 3.8) is 0 Å². The molecule has 0 saturated carbocycles. The first kappa shape index (κ1) is 21.5. The van der Waals surface area contributed by atoms with Crippen molar-refractivity contribution in [2.24, 2.45) is 0 Å². The molecule has 0 saturated heterocycles. The van der Waals surface area contributed by atoms with Gasteiger partial charge in [0.2, 0.25) is 0 Å². The minimum atomic E-state index is -0.112. The molecule has 3 aromatic heterocycles. The van der Waals surface area contributed by atoms with E-state index in [1.807, 2.05) is 37.4 Å². The largest absolute Gasteiger partial charge is 0.291 e. The second kappa shape index (κ2) is 8.87. The normalized spacial score (nSPS) is 12.9. The zero-order valence-electron chi connectivity index (χ0n) is 19.1. The van der Waals surface area contributed by atoms with Crippen molar-refractivity contribution in [1.29, 1.82) is 5.26 Å². The summed E-state index contributed by atoms with van der Waals surface area (Å²) < 4.78 is 0. The lowest BCUT2D eigenvalue weighted by molar-refractivity contribution is 0.0979. The Morgan fingerprint density at radius 2 is 1.91 bits per heavy atom. The lowest BCUT2D eigenvalue weighted by atomic mass is 9.91. The Kier molecular flexibility index (Phi) is 5.60. The van der Waals surface area contributed by atoms with Crippen LogP contribution in [-0.2, 0) is 12.8 Å². The van der Waals surface area contributed by atoms with Gasteiger partial charge in [-0.1, -0.05) is 12.1 Å². The first-order valence-corrected chi connectivity index (χ1v) is 11.2. The number of carbonyl (C=O) groups is 1. The Labute approximate surface area is 198 Å². The lowest BCUT2D eigenvalue weighted by Crippen LogP contribution is -2.38. The van der Waals surface area contributed by atoms with Crippen molar-refractivity contribution in [3.05, 3.63) is 106 Å². The van der Waals surface area contributed by atoms with Crippen LogP contribution in [0.3, 0.4) is 0 Å². The van der Waals surface area contributed by atoms with Crippen molar-refractivity contribution in [2.75, 3.05) is 11.4 Å². The number of carbonyl (C=O) groups excluding carboxylic acids is 1. The van der Waals surface area contributed by atoms with Crippen LogP contribution < -0.4 is 4.90 Å². The highest BCUT2D eigenvalue weighted by atomic mass is 16.2. The van der Waals surface area contributed by atoms with E-state index in [0.29, 0.717) is 29.9 Å². The number of benzene rings is 1. The monoisotopic (exact) mass is 445 g/mol. The number of rotatable bonds is 4. The van der Waals surface area contributed by atoms with Crippen molar-refractivity contribution < 1.29 is 4.79 Å². The van der Waals surface area contributed by atoms with Gasteiger partial charge in [0.15, 0.2) is 5.82 Å². The Morgan fingerprint density at radius 3 is 2.68 bits per heavy atom. The quantitative estimate of drug-likeness (QED) is 0.450. The molecule has 4 heterocycles. The van der Waals surface area contributed by atoms with Gasteiger partial charge >= 0.3 is 0 Å². The number of aryl methyl sites for hydroxylation is 2. The van der Waals surface area contributed by atoms with Gasteiger partial charge in [-0.25, -0.2) is 4.98 Å². The summed E-state index contributed by atoms with van der Waals surface area (Å²) in [6, 6.07) is 17.7. The number of amides is 1. The molecule has 34 heavy (non-hydrogen) atoms. The smallest absolute Gasteiger partial charge is 0.259 e. The summed E-state index contributed by atoms with van der Waals surface area (Å²) in [6.07, 6.45) is 6.71. The molecule has 6 nitrogen and oxygen atoms in total. The van der Waals surface area contributed by atoms with Gasteiger partial charge in [-0.05, 0) is 85.3 Å². The zero-order chi connectivity index (χ0) is 23.7. The fourth-order valence-corrected chi connectivity index (χ4v) is 4.41. The maximum Gasteiger partial charge on any atom is 0.259 e. The van der Waals surface area contributed by atoms with Crippen LogP contribution in [0.2, 0.25) is 0 Å². The Hall–Kier alpha value is -4.37. The number of nitriles is 1. The molecule has 0 bridgehead atoms. The predicted molar refractivity (Wildman–Crippen MR) is 131 cm³/mol. The third kappa shape index (κ3) is 4.04. The SMILES string of the molecule is Cc1cc(-c2ccc(Cc3cc4c(cc3C)CCN(c3ncccc3C#N)C4=O)cn2)ccn1. The molecule has 0 atom stereocenters. The maximum absolute atomic E-state index is 13.4. The first-order valence-electron chi connectivity index (χ1n) is 11.2. The van der Waals surface area contributed by atoms with E-state index < -0.39 is 0 Å². The van der Waals surface area contributed by atoms with Crippen LogP contribution in [0.25, 0.3) is 11.3 Å². The van der Waals surface area contributed by atoms with Crippen LogP contribution in [0, 0.1) is 25.2 Å². The standard InChI is InChI=1S/C28H23N5O/c1-18-12-21-8-11-33(27-23(16-29)4-3-9-31-27)28(34)25(21)15-24(18)14-20-5-6-26(32-17-20)22-7-10-30-19(2)13-22/h3-7,9-10,12-13,15,17H,8,11,14H2,1-2H3. The van der Waals surface area contributed by atoms with Gasteiger partial charge in [-0.2, -0.15) is 5.26 Å². The third-order valence-corrected chi connectivity index (χ3v) is 6.22. The van der Waals surface area contributed by atoms with Gasteiger partial charge in [0.25, 0.3) is 5.91 Å². The van der Waals surface area contributed by atoms with Crippen LogP contribution in [0.15, 0.2) is 67.1 Å². The van der Waals surface area contributed by atoms with E-state index in [9.17, 15) is 10.1 Å². The molecule has 166 valence electrons. The maximum atomic E-state index is 13.4. The fourth-order valence-electron chi connectivity index (χ4n) is 4.41. The van der Waals surface area contributed by atoms with Crippen LogP contribution in [0.1, 0.15) is 43.9 Å². The molecule has 0 spiro atoms. The van der Waals surface area contributed by atoms with Gasteiger partial charge in [-0.3, -0.25) is 19.7 Å². The highest BCUT2D eigenvalue weighted by molar-refractivity contribution is 6.08. The van der Waals surface area contributed by atoms with Crippen molar-refractivity contribution >= 4 is 11.7 Å². The molecular formula is C28H23N5O. The van der Waals surface area contributed by atoms with E-state index in [4.69, 9.17) is 0 Å². The average molecular weight is 446 g/mol. The molecule has 1 aromatic carbocycles. The van der Waals surface area contributed by atoms with Crippen LogP contribution in [0.5, 0.6) is 0 Å². The van der Waals surface area contributed by atoms with Crippen molar-refractivity contribution in [1.82, 2.24) is 15.0 Å². The summed E-state index contributed by atoms with van der Waals surface area (Å²) in [5.74, 6) is 0.313. The summed E-state index contributed by atoms with van der Waals surface area (Å²) in [5, 5.41) is 9.44. The Balaban J connectivity index is 1.42. The summed E-state index contributed by atoms with van der Waals surface area (Å²) in [4.78, 5) is 28.2. The highest BCUT2D eigenvalue weighted by Gasteiger charge is 2.28. The van der Waals surface area contributed by atoms with E-state index in [1.54, 1.807) is 29.4 Å². The van der Waals surface area contributed by atoms with Crippen molar-refractivity contribution in [3.8, 4) is 17.3 Å². The Bertz CT molecular complexity index is 1440. The van der Waals surface area contributed by atoms with Crippen LogP contribution in [0.4, 0.5) is 5.82 Å². The Morgan fingerprint density at radius 1 is 1.03 bits per heavy atom. The van der Waals surface area contributed by atoms with Gasteiger partial charge < -0.3 is 0 Å². The second-order valence-electron chi connectivity index (χ2n) is 8.54. The van der Waals surface area contributed by atoms with Gasteiger partial charge in [0.05, 0.1) is 11.3 Å². The molecule has 0 fully saturated rings. The fraction of sp³-hybridized carbons (Fsp3) is 0.179. The second-order valence-corrected chi connectivity index (χ2v) is 8.54. The summed E-state index contributed by atoms with van der Waals surface area (Å²) >= 11 is 0. The number of pyridine rings is 3. The summed E-state index contributed by atoms with van der Waals surface area (Å²) in [7, 11) is 0. The van der Waals surface area contributed by atoms with E-state index >= 15 is 0 Å². The molecule has 1 aliphatic rings. The van der Waals surface area contributed by atoms with Crippen LogP contribution in [-0.4, -0.2) is 27.4 Å². The van der Waals surface area contributed by atoms with E-state index in [2.05, 4.69) is 40.1 Å². The predicted octanol–water partition coefficient (Wildman–Crippen LogP) is 4.82. The number of hydrogen-bond acceptors (Lipinski definition) is 5. The van der Waals surface area contributed by atoms with Gasteiger partial charge in [-0.15, -0.1) is 0 Å². The number of hydrogen-bond donors (Lipinski definition) is 0. The topological polar surface area (TPSA) is 82.8 Å². The van der Waals surface area contributed by atoms with Gasteiger partial charge in [0.1, 0.15) is 6.07 Å². The molecule has 0 unspecified atom stereocenters. The van der Waals surface area contributed by atoms with E-state index in [-0.39, 0.29) is 5.91 Å². The van der Waals surface area contributed by atoms with Crippen LogP contribution >= 0.6 is 0 Å². The first-order chi connectivity index (χ1) is 16.5. The molecule has 5 rings (SSSR count). The average Bonchev–Trinajstić information content (AvgIpc) is 2.86. The molecule has 1 amide bonds. The highest BCUT2D eigenvalue weighted by Crippen LogP contribution is 2.28. The summed E-state index contributed by atoms with van der Waals surface area (Å²) in [6.45, 7) is 4.56. The molecular weight excluding hydrogens is 422 g/mol. The van der Waals surface area contributed by atoms with E-state index in [1.165, 1.54) is 0 Å². The summed E-state index contributed by atoms with van der Waals surface area (Å²) in [5.41, 5.74) is 8.36. The molecule has 0 radical (unpaired) electrons. The van der Waals surface area contributed by atoms with Crippen molar-refractivity contribution in [2.45, 2.75) is 26.7 Å². The third-order valence-electron chi connectivity index (χ3n) is 6.22. The molecule has 4 aromatic rings. The number of anilines is 1.